The highest BCUT2D eigenvalue weighted by molar-refractivity contribution is 7.89. The average molecular weight is 511 g/mol. The Morgan fingerprint density at radius 1 is 1.17 bits per heavy atom. The van der Waals surface area contributed by atoms with Gasteiger partial charge in [-0.05, 0) is 54.9 Å². The fourth-order valence-electron chi connectivity index (χ4n) is 4.95. The van der Waals surface area contributed by atoms with Crippen LogP contribution in [0.2, 0.25) is 0 Å². The lowest BCUT2D eigenvalue weighted by molar-refractivity contribution is -0.144. The Bertz CT molecular complexity index is 1220. The van der Waals surface area contributed by atoms with Crippen molar-refractivity contribution in [2.24, 2.45) is 11.8 Å². The number of hydrogen-bond donors (Lipinski definition) is 2. The first-order valence-electron chi connectivity index (χ1n) is 11.7. The molecule has 0 radical (unpaired) electrons. The average Bonchev–Trinajstić information content (AvgIpc) is 3.51. The number of piperidine rings is 1. The summed E-state index contributed by atoms with van der Waals surface area (Å²) in [6.07, 6.45) is -0.709. The van der Waals surface area contributed by atoms with E-state index in [1.165, 1.54) is 24.0 Å². The van der Waals surface area contributed by atoms with Crippen molar-refractivity contribution in [1.82, 2.24) is 9.62 Å². The molecule has 0 bridgehead atoms. The van der Waals surface area contributed by atoms with E-state index in [0.29, 0.717) is 12.5 Å². The Morgan fingerprint density at radius 3 is 2.43 bits per heavy atom. The van der Waals surface area contributed by atoms with Crippen LogP contribution in [0.4, 0.5) is 13.2 Å². The molecule has 1 saturated carbocycles. The molecule has 1 heterocycles. The minimum Gasteiger partial charge on any atom is -0.383 e. The minimum atomic E-state index is -3.62. The molecule has 0 aromatic heterocycles. The number of nitrogens with one attached hydrogen (secondary N) is 1. The molecule has 190 valence electrons. The van der Waals surface area contributed by atoms with Gasteiger partial charge >= 0.3 is 0 Å². The molecule has 1 aliphatic carbocycles. The van der Waals surface area contributed by atoms with Crippen LogP contribution in [0.1, 0.15) is 32.8 Å². The number of likely N-dealkylation sites (tertiary alicyclic amines) is 1. The molecular formula is C25H29F3N2O4S. The van der Waals surface area contributed by atoms with Gasteiger partial charge in [0.15, 0.2) is 0 Å². The second-order valence-corrected chi connectivity index (χ2v) is 11.7. The molecule has 1 saturated heterocycles. The number of sulfonamides is 1. The first-order chi connectivity index (χ1) is 16.4. The molecule has 4 rings (SSSR count). The van der Waals surface area contributed by atoms with Gasteiger partial charge in [-0.3, -0.25) is 4.79 Å². The molecule has 2 N–H and O–H groups in total. The number of aliphatic hydroxyl groups is 1. The summed E-state index contributed by atoms with van der Waals surface area (Å²) in [5.41, 5.74) is 0.202. The van der Waals surface area contributed by atoms with Gasteiger partial charge in [0.05, 0.1) is 11.8 Å². The summed E-state index contributed by atoms with van der Waals surface area (Å²) >= 11 is 0. The summed E-state index contributed by atoms with van der Waals surface area (Å²) in [4.78, 5) is 14.7. The van der Waals surface area contributed by atoms with E-state index < -0.39 is 51.6 Å². The van der Waals surface area contributed by atoms with Crippen LogP contribution in [0.15, 0.2) is 36.4 Å². The molecule has 0 spiro atoms. The standard InChI is InChI=1S/C25H29F3N2O4S/c1-4-35(33,34)29-23-19-12-20(19)30(25(32)24(31)13(2)3)21(23)10-14-6-5-7-18(22(14)28)15-8-16(26)11-17(27)9-15/h5-9,11,13,19-21,23-24,29,31H,4,10,12H2,1-3H3/t19?,20?,21?,23?,24-/m0/s1. The van der Waals surface area contributed by atoms with E-state index in [-0.39, 0.29) is 46.7 Å². The molecule has 2 aromatic rings. The molecule has 4 unspecified atom stereocenters. The third kappa shape index (κ3) is 5.10. The van der Waals surface area contributed by atoms with Crippen LogP contribution >= 0.6 is 0 Å². The number of amides is 1. The van der Waals surface area contributed by atoms with Crippen LogP contribution in [0, 0.1) is 29.3 Å². The third-order valence-electron chi connectivity index (χ3n) is 6.91. The van der Waals surface area contributed by atoms with Gasteiger partial charge in [0, 0.05) is 23.7 Å². The first-order valence-corrected chi connectivity index (χ1v) is 13.3. The highest BCUT2D eigenvalue weighted by Gasteiger charge is 2.61. The molecule has 1 aliphatic heterocycles. The predicted molar refractivity (Wildman–Crippen MR) is 125 cm³/mol. The summed E-state index contributed by atoms with van der Waals surface area (Å²) in [5, 5.41) is 10.5. The summed E-state index contributed by atoms with van der Waals surface area (Å²) in [5.74, 6) is -3.52. The van der Waals surface area contributed by atoms with Crippen LogP contribution in [-0.2, 0) is 21.2 Å². The molecule has 6 nitrogen and oxygen atoms in total. The Labute approximate surface area is 203 Å². The third-order valence-corrected chi connectivity index (χ3v) is 8.30. The van der Waals surface area contributed by atoms with E-state index in [4.69, 9.17) is 0 Å². The van der Waals surface area contributed by atoms with Crippen LogP contribution < -0.4 is 4.72 Å². The molecule has 1 amide bonds. The Balaban J connectivity index is 1.71. The van der Waals surface area contributed by atoms with Gasteiger partial charge in [0.25, 0.3) is 5.91 Å². The van der Waals surface area contributed by atoms with E-state index in [9.17, 15) is 27.1 Å². The summed E-state index contributed by atoms with van der Waals surface area (Å²) < 4.78 is 70.6. The van der Waals surface area contributed by atoms with Gasteiger partial charge in [0.1, 0.15) is 23.6 Å². The van der Waals surface area contributed by atoms with Gasteiger partial charge in [-0.1, -0.05) is 32.0 Å². The first kappa shape index (κ1) is 25.7. The molecule has 2 aliphatic rings. The molecule has 35 heavy (non-hydrogen) atoms. The minimum absolute atomic E-state index is 0.00478. The van der Waals surface area contributed by atoms with E-state index >= 15 is 4.39 Å². The highest BCUT2D eigenvalue weighted by atomic mass is 32.2. The summed E-state index contributed by atoms with van der Waals surface area (Å²) in [7, 11) is -3.62. The van der Waals surface area contributed by atoms with E-state index in [1.807, 2.05) is 0 Å². The van der Waals surface area contributed by atoms with Crippen LogP contribution in [0.25, 0.3) is 11.1 Å². The smallest absolute Gasteiger partial charge is 0.252 e. The maximum absolute atomic E-state index is 15.6. The molecule has 5 atom stereocenters. The Hall–Kier alpha value is -2.43. The number of benzene rings is 2. The van der Waals surface area contributed by atoms with Crippen LogP contribution in [0.3, 0.4) is 0 Å². The zero-order valence-corrected chi connectivity index (χ0v) is 20.5. The van der Waals surface area contributed by atoms with Crippen molar-refractivity contribution in [2.75, 3.05) is 5.75 Å². The van der Waals surface area contributed by atoms with Crippen LogP contribution in [-0.4, -0.2) is 54.3 Å². The fourth-order valence-corrected chi connectivity index (χ4v) is 5.87. The lowest BCUT2D eigenvalue weighted by Gasteiger charge is -2.34. The lowest BCUT2D eigenvalue weighted by Crippen LogP contribution is -2.54. The largest absolute Gasteiger partial charge is 0.383 e. The number of nitrogens with zero attached hydrogens (tertiary/aromatic N) is 1. The second-order valence-electron chi connectivity index (χ2n) is 9.66. The Morgan fingerprint density at radius 2 is 1.83 bits per heavy atom. The second kappa shape index (κ2) is 9.55. The summed E-state index contributed by atoms with van der Waals surface area (Å²) in [6, 6.07) is 5.61. The topological polar surface area (TPSA) is 86.7 Å². The molecular weight excluding hydrogens is 481 g/mol. The monoisotopic (exact) mass is 510 g/mol. The zero-order valence-electron chi connectivity index (χ0n) is 19.7. The SMILES string of the molecule is CCS(=O)(=O)NC1C2CC2N(C(=O)[C@@H](O)C(C)C)C1Cc1cccc(-c2cc(F)cc(F)c2)c1F. The van der Waals surface area contributed by atoms with Crippen molar-refractivity contribution in [2.45, 2.75) is 57.8 Å². The Kier molecular flexibility index (Phi) is 7.00. The van der Waals surface area contributed by atoms with Crippen molar-refractivity contribution < 1.29 is 31.5 Å². The van der Waals surface area contributed by atoms with Gasteiger partial charge < -0.3 is 10.0 Å². The molecule has 2 fully saturated rings. The quantitative estimate of drug-likeness (QED) is 0.571. The number of rotatable bonds is 8. The number of carbonyl (C=O) groups excluding carboxylic acids is 1. The van der Waals surface area contributed by atoms with Gasteiger partial charge in [-0.2, -0.15) is 0 Å². The van der Waals surface area contributed by atoms with Crippen molar-refractivity contribution >= 4 is 15.9 Å². The van der Waals surface area contributed by atoms with Crippen molar-refractivity contribution in [1.29, 1.82) is 0 Å². The number of aliphatic hydroxyl groups excluding tert-OH is 1. The maximum Gasteiger partial charge on any atom is 0.252 e. The van der Waals surface area contributed by atoms with Crippen molar-refractivity contribution in [3.63, 3.8) is 0 Å². The highest BCUT2D eigenvalue weighted by Crippen LogP contribution is 2.49. The lowest BCUT2D eigenvalue weighted by atomic mass is 9.94. The van der Waals surface area contributed by atoms with Crippen LogP contribution in [0.5, 0.6) is 0 Å². The number of hydrogen-bond acceptors (Lipinski definition) is 4. The molecule has 10 heteroatoms. The number of fused-ring (bicyclic) bond motifs is 1. The molecule has 2 aromatic carbocycles. The normalized spacial score (nSPS) is 24.5. The number of carbonyl (C=O) groups is 1. The van der Waals surface area contributed by atoms with E-state index in [1.54, 1.807) is 19.9 Å². The predicted octanol–water partition coefficient (Wildman–Crippen LogP) is 3.24. The zero-order chi connectivity index (χ0) is 25.7. The fraction of sp³-hybridized carbons (Fsp3) is 0.480. The number of halogens is 3. The van der Waals surface area contributed by atoms with Gasteiger partial charge in [-0.15, -0.1) is 0 Å². The van der Waals surface area contributed by atoms with Crippen molar-refractivity contribution in [3.05, 3.63) is 59.4 Å². The van der Waals surface area contributed by atoms with E-state index in [2.05, 4.69) is 4.72 Å². The van der Waals surface area contributed by atoms with Gasteiger partial charge in [-0.25, -0.2) is 26.3 Å². The summed E-state index contributed by atoms with van der Waals surface area (Å²) in [6.45, 7) is 4.91. The van der Waals surface area contributed by atoms with Gasteiger partial charge in [0.2, 0.25) is 10.0 Å². The maximum atomic E-state index is 15.6. The van der Waals surface area contributed by atoms with E-state index in [0.717, 1.165) is 12.1 Å². The van der Waals surface area contributed by atoms with Crippen molar-refractivity contribution in [3.8, 4) is 11.1 Å².